The van der Waals surface area contributed by atoms with E-state index in [0.717, 1.165) is 22.3 Å². The monoisotopic (exact) mass is 414 g/mol. The summed E-state index contributed by atoms with van der Waals surface area (Å²) >= 11 is 12.5. The van der Waals surface area contributed by atoms with Gasteiger partial charge in [0.15, 0.2) is 5.78 Å². The largest absolute Gasteiger partial charge is 0.357 e. The summed E-state index contributed by atoms with van der Waals surface area (Å²) in [5.74, 6) is 0.615. The van der Waals surface area contributed by atoms with Gasteiger partial charge in [-0.25, -0.2) is 0 Å². The highest BCUT2D eigenvalue weighted by Crippen LogP contribution is 2.45. The minimum absolute atomic E-state index is 0.0502. The van der Waals surface area contributed by atoms with Gasteiger partial charge in [0.1, 0.15) is 5.60 Å². The van der Waals surface area contributed by atoms with Crippen LogP contribution in [0.2, 0.25) is 10.0 Å². The van der Waals surface area contributed by atoms with E-state index >= 15 is 0 Å². The third kappa shape index (κ3) is 3.54. The van der Waals surface area contributed by atoms with Gasteiger partial charge >= 0.3 is 0 Å². The summed E-state index contributed by atoms with van der Waals surface area (Å²) in [6.07, 6.45) is 4.41. The first kappa shape index (κ1) is 19.7. The predicted molar refractivity (Wildman–Crippen MR) is 116 cm³/mol. The molecule has 2 aromatic carbocycles. The van der Waals surface area contributed by atoms with Crippen molar-refractivity contribution in [2.75, 3.05) is 0 Å². The molecule has 0 N–H and O–H groups in total. The molecule has 1 heterocycles. The molecule has 1 saturated heterocycles. The molecule has 28 heavy (non-hydrogen) atoms. The van der Waals surface area contributed by atoms with Gasteiger partial charge in [0, 0.05) is 21.2 Å². The number of halogens is 2. The van der Waals surface area contributed by atoms with Gasteiger partial charge in [-0.05, 0) is 87.4 Å². The quantitative estimate of drug-likeness (QED) is 0.501. The van der Waals surface area contributed by atoms with Crippen LogP contribution >= 0.6 is 23.2 Å². The topological polar surface area (TPSA) is 26.3 Å². The highest BCUT2D eigenvalue weighted by Gasteiger charge is 2.49. The summed E-state index contributed by atoms with van der Waals surface area (Å²) in [7, 11) is 0. The summed E-state index contributed by atoms with van der Waals surface area (Å²) in [5.41, 5.74) is 3.61. The number of ether oxygens (including phenoxy) is 1. The number of carbonyl (C=O) groups excluding carboxylic acids is 1. The van der Waals surface area contributed by atoms with Crippen LogP contribution in [0.5, 0.6) is 0 Å². The summed E-state index contributed by atoms with van der Waals surface area (Å²) in [5, 5.41) is 1.23. The Bertz CT molecular complexity index is 998. The summed E-state index contributed by atoms with van der Waals surface area (Å²) in [4.78, 5) is 13.0. The standard InChI is InChI=1S/C24H24Cl2O2/c1-23(2)20(22(27)24(3,4)28-23)12-16-11-15(7-9-18(16)14-5-6-14)19-10-8-17(25)13-21(19)26/h7-14H,5-6H2,1-4H3/b20-12-. The molecular weight excluding hydrogens is 391 g/mol. The van der Waals surface area contributed by atoms with Crippen molar-refractivity contribution in [3.63, 3.8) is 0 Å². The number of benzene rings is 2. The number of hydrogen-bond donors (Lipinski definition) is 0. The molecule has 0 bridgehead atoms. The van der Waals surface area contributed by atoms with Crippen LogP contribution in [-0.4, -0.2) is 17.0 Å². The molecule has 2 fully saturated rings. The van der Waals surface area contributed by atoms with E-state index in [4.69, 9.17) is 27.9 Å². The van der Waals surface area contributed by atoms with Crippen molar-refractivity contribution in [1.82, 2.24) is 0 Å². The molecule has 2 aromatic rings. The lowest BCUT2D eigenvalue weighted by Crippen LogP contribution is -2.29. The SMILES string of the molecule is CC1(C)OC(C)(C)/C(=C\c2cc(-c3ccc(Cl)cc3Cl)ccc2C2CC2)C1=O. The van der Waals surface area contributed by atoms with Gasteiger partial charge in [0.05, 0.1) is 5.60 Å². The van der Waals surface area contributed by atoms with E-state index < -0.39 is 11.2 Å². The summed E-state index contributed by atoms with van der Waals surface area (Å²) < 4.78 is 6.04. The average molecular weight is 415 g/mol. The first-order valence-electron chi connectivity index (χ1n) is 9.65. The van der Waals surface area contributed by atoms with Crippen LogP contribution in [-0.2, 0) is 9.53 Å². The van der Waals surface area contributed by atoms with Gasteiger partial charge in [-0.15, -0.1) is 0 Å². The molecule has 2 nitrogen and oxygen atoms in total. The number of rotatable bonds is 3. The lowest BCUT2D eigenvalue weighted by molar-refractivity contribution is -0.132. The highest BCUT2D eigenvalue weighted by molar-refractivity contribution is 6.36. The first-order valence-corrected chi connectivity index (χ1v) is 10.4. The molecule has 0 unspecified atom stereocenters. The number of hydrogen-bond acceptors (Lipinski definition) is 2. The number of ketones is 1. The van der Waals surface area contributed by atoms with Crippen LogP contribution in [0.15, 0.2) is 42.0 Å². The van der Waals surface area contributed by atoms with Crippen molar-refractivity contribution in [3.05, 3.63) is 63.1 Å². The normalized spacial score (nSPS) is 22.1. The van der Waals surface area contributed by atoms with Gasteiger partial charge in [-0.2, -0.15) is 0 Å². The third-order valence-electron chi connectivity index (χ3n) is 5.60. The Morgan fingerprint density at radius 2 is 1.71 bits per heavy atom. The molecule has 0 radical (unpaired) electrons. The molecule has 0 amide bonds. The van der Waals surface area contributed by atoms with Crippen molar-refractivity contribution in [3.8, 4) is 11.1 Å². The van der Waals surface area contributed by atoms with Gasteiger partial charge in [0.2, 0.25) is 0 Å². The second-order valence-corrected chi connectivity index (χ2v) is 9.60. The molecule has 0 aromatic heterocycles. The van der Waals surface area contributed by atoms with Crippen molar-refractivity contribution in [1.29, 1.82) is 0 Å². The fraction of sp³-hybridized carbons (Fsp3) is 0.375. The van der Waals surface area contributed by atoms with Crippen molar-refractivity contribution < 1.29 is 9.53 Å². The van der Waals surface area contributed by atoms with Gasteiger partial charge in [-0.1, -0.05) is 41.4 Å². The molecule has 4 rings (SSSR count). The summed E-state index contributed by atoms with van der Waals surface area (Å²) in [6.45, 7) is 7.59. The zero-order valence-electron chi connectivity index (χ0n) is 16.6. The second-order valence-electron chi connectivity index (χ2n) is 8.75. The Labute approximate surface area is 176 Å². The Morgan fingerprint density at radius 3 is 2.29 bits per heavy atom. The maximum atomic E-state index is 13.0. The minimum Gasteiger partial charge on any atom is -0.357 e. The van der Waals surface area contributed by atoms with Crippen LogP contribution in [0.25, 0.3) is 17.2 Å². The van der Waals surface area contributed by atoms with Crippen LogP contribution in [0.4, 0.5) is 0 Å². The van der Waals surface area contributed by atoms with E-state index in [0.29, 0.717) is 16.0 Å². The molecule has 2 aliphatic rings. The van der Waals surface area contributed by atoms with E-state index in [9.17, 15) is 4.79 Å². The van der Waals surface area contributed by atoms with Crippen LogP contribution < -0.4 is 0 Å². The van der Waals surface area contributed by atoms with Crippen LogP contribution in [0, 0.1) is 0 Å². The zero-order valence-corrected chi connectivity index (χ0v) is 18.1. The maximum Gasteiger partial charge on any atom is 0.192 e. The molecular formula is C24H24Cl2O2. The van der Waals surface area contributed by atoms with Gasteiger partial charge in [0.25, 0.3) is 0 Å². The number of carbonyl (C=O) groups is 1. The van der Waals surface area contributed by atoms with E-state index in [-0.39, 0.29) is 5.78 Å². The summed E-state index contributed by atoms with van der Waals surface area (Å²) in [6, 6.07) is 11.9. The van der Waals surface area contributed by atoms with E-state index in [1.54, 1.807) is 6.07 Å². The molecule has 0 atom stereocenters. The average Bonchev–Trinajstić information content (AvgIpc) is 3.40. The number of Topliss-reactive ketones (excluding diaryl/α,β-unsaturated/α-hetero) is 1. The van der Waals surface area contributed by atoms with E-state index in [2.05, 4.69) is 18.2 Å². The Morgan fingerprint density at radius 1 is 1.00 bits per heavy atom. The molecule has 1 aliphatic carbocycles. The van der Waals surface area contributed by atoms with Crippen molar-refractivity contribution >= 4 is 35.1 Å². The smallest absolute Gasteiger partial charge is 0.192 e. The van der Waals surface area contributed by atoms with Gasteiger partial charge in [-0.3, -0.25) is 4.79 Å². The fourth-order valence-corrected chi connectivity index (χ4v) is 4.61. The lowest BCUT2D eigenvalue weighted by Gasteiger charge is -2.22. The van der Waals surface area contributed by atoms with Crippen LogP contribution in [0.1, 0.15) is 57.6 Å². The Balaban J connectivity index is 1.85. The Hall–Kier alpha value is -1.61. The van der Waals surface area contributed by atoms with Crippen molar-refractivity contribution in [2.45, 2.75) is 57.7 Å². The molecule has 0 spiro atoms. The zero-order chi connectivity index (χ0) is 20.3. The lowest BCUT2D eigenvalue weighted by atomic mass is 9.88. The maximum absolute atomic E-state index is 13.0. The van der Waals surface area contributed by atoms with E-state index in [1.807, 2.05) is 45.9 Å². The second kappa shape index (κ2) is 6.73. The first-order chi connectivity index (χ1) is 13.1. The van der Waals surface area contributed by atoms with Crippen molar-refractivity contribution in [2.24, 2.45) is 0 Å². The fourth-order valence-electron chi connectivity index (χ4n) is 4.09. The van der Waals surface area contributed by atoms with E-state index in [1.165, 1.54) is 18.4 Å². The molecule has 146 valence electrons. The third-order valence-corrected chi connectivity index (χ3v) is 6.14. The van der Waals surface area contributed by atoms with Crippen LogP contribution in [0.3, 0.4) is 0 Å². The predicted octanol–water partition coefficient (Wildman–Crippen LogP) is 7.08. The molecule has 1 saturated carbocycles. The molecule has 4 heteroatoms. The minimum atomic E-state index is -0.799. The highest BCUT2D eigenvalue weighted by atomic mass is 35.5. The molecule has 1 aliphatic heterocycles. The Kier molecular flexibility index (Phi) is 4.73. The van der Waals surface area contributed by atoms with Gasteiger partial charge < -0.3 is 4.74 Å².